The third-order valence-corrected chi connectivity index (χ3v) is 5.06. The molecule has 7 nitrogen and oxygen atoms in total. The van der Waals surface area contributed by atoms with Crippen molar-refractivity contribution in [3.63, 3.8) is 0 Å². The Morgan fingerprint density at radius 3 is 2.85 bits per heavy atom. The maximum atomic E-state index is 12.6. The van der Waals surface area contributed by atoms with Crippen LogP contribution in [0.15, 0.2) is 21.5 Å². The number of aryl methyl sites for hydroxylation is 2. The van der Waals surface area contributed by atoms with Crippen LogP contribution in [0.1, 0.15) is 63.5 Å². The van der Waals surface area contributed by atoms with Crippen LogP contribution in [0.3, 0.4) is 0 Å². The van der Waals surface area contributed by atoms with Crippen LogP contribution in [0, 0.1) is 6.92 Å². The van der Waals surface area contributed by atoms with E-state index in [2.05, 4.69) is 15.5 Å². The second kappa shape index (κ2) is 8.97. The predicted octanol–water partition coefficient (Wildman–Crippen LogP) is 3.00. The van der Waals surface area contributed by atoms with E-state index in [1.54, 1.807) is 10.6 Å². The minimum atomic E-state index is -0.0971. The summed E-state index contributed by atoms with van der Waals surface area (Å²) in [6.45, 7) is 4.62. The Bertz CT molecular complexity index is 834. The lowest BCUT2D eigenvalue weighted by Crippen LogP contribution is -2.32. The average Bonchev–Trinajstić information content (AvgIpc) is 3.31. The molecule has 0 saturated heterocycles. The van der Waals surface area contributed by atoms with Crippen LogP contribution in [0.25, 0.3) is 11.4 Å². The topological polar surface area (TPSA) is 90.0 Å². The molecule has 0 spiro atoms. The van der Waals surface area contributed by atoms with Crippen LogP contribution in [-0.4, -0.2) is 26.7 Å². The molecule has 0 atom stereocenters. The number of rotatable bonds is 8. The Labute approximate surface area is 159 Å². The standard InChI is InChI=1S/C20H28N4O3/c1-3-13-24-14(2)11-12-16(20(24)26)19-22-18(27-23-19)10-6-9-17(25)21-15-7-4-5-8-15/h11-12,15H,3-10,13H2,1-2H3,(H,21,25). The Morgan fingerprint density at radius 2 is 2.11 bits per heavy atom. The number of hydrogen-bond acceptors (Lipinski definition) is 5. The molecule has 0 radical (unpaired) electrons. The van der Waals surface area contributed by atoms with Crippen molar-refractivity contribution in [2.75, 3.05) is 0 Å². The van der Waals surface area contributed by atoms with Gasteiger partial charge >= 0.3 is 0 Å². The van der Waals surface area contributed by atoms with Crippen LogP contribution in [0.5, 0.6) is 0 Å². The van der Waals surface area contributed by atoms with Crippen LogP contribution in [0.4, 0.5) is 0 Å². The van der Waals surface area contributed by atoms with Crippen molar-refractivity contribution in [2.45, 2.75) is 77.8 Å². The molecule has 27 heavy (non-hydrogen) atoms. The minimum absolute atomic E-state index is 0.0858. The summed E-state index contributed by atoms with van der Waals surface area (Å²) < 4.78 is 7.01. The van der Waals surface area contributed by atoms with Crippen LogP contribution in [0.2, 0.25) is 0 Å². The summed E-state index contributed by atoms with van der Waals surface area (Å²) in [5.41, 5.74) is 1.27. The van der Waals surface area contributed by atoms with Crippen LogP contribution < -0.4 is 10.9 Å². The first-order chi connectivity index (χ1) is 13.1. The zero-order chi connectivity index (χ0) is 19.2. The predicted molar refractivity (Wildman–Crippen MR) is 102 cm³/mol. The first-order valence-corrected chi connectivity index (χ1v) is 9.91. The molecule has 7 heteroatoms. The first kappa shape index (κ1) is 19.3. The molecule has 1 aliphatic rings. The quantitative estimate of drug-likeness (QED) is 0.769. The van der Waals surface area contributed by atoms with Crippen molar-refractivity contribution in [1.29, 1.82) is 0 Å². The maximum absolute atomic E-state index is 12.6. The Balaban J connectivity index is 1.58. The molecule has 1 aliphatic carbocycles. The summed E-state index contributed by atoms with van der Waals surface area (Å²) in [7, 11) is 0. The van der Waals surface area contributed by atoms with Crippen molar-refractivity contribution >= 4 is 5.91 Å². The molecular formula is C20H28N4O3. The summed E-state index contributed by atoms with van der Waals surface area (Å²) in [6.07, 6.45) is 7.08. The molecule has 0 aromatic carbocycles. The van der Waals surface area contributed by atoms with Crippen molar-refractivity contribution < 1.29 is 9.32 Å². The van der Waals surface area contributed by atoms with Gasteiger partial charge in [0.25, 0.3) is 5.56 Å². The van der Waals surface area contributed by atoms with Gasteiger partial charge in [0, 0.05) is 31.1 Å². The minimum Gasteiger partial charge on any atom is -0.353 e. The third kappa shape index (κ3) is 4.84. The van der Waals surface area contributed by atoms with Gasteiger partial charge in [-0.05, 0) is 44.7 Å². The van der Waals surface area contributed by atoms with Gasteiger partial charge in [0.2, 0.25) is 17.6 Å². The first-order valence-electron chi connectivity index (χ1n) is 9.91. The molecule has 2 aromatic rings. The number of nitrogens with zero attached hydrogens (tertiary/aromatic N) is 3. The molecule has 0 aliphatic heterocycles. The fourth-order valence-corrected chi connectivity index (χ4v) is 3.58. The maximum Gasteiger partial charge on any atom is 0.261 e. The summed E-state index contributed by atoms with van der Waals surface area (Å²) in [5.74, 6) is 0.860. The molecule has 1 amide bonds. The van der Waals surface area contributed by atoms with E-state index >= 15 is 0 Å². The monoisotopic (exact) mass is 372 g/mol. The van der Waals surface area contributed by atoms with Gasteiger partial charge in [-0.25, -0.2) is 0 Å². The van der Waals surface area contributed by atoms with E-state index in [1.807, 2.05) is 19.9 Å². The summed E-state index contributed by atoms with van der Waals surface area (Å²) >= 11 is 0. The van der Waals surface area contributed by atoms with Gasteiger partial charge < -0.3 is 14.4 Å². The van der Waals surface area contributed by atoms with Gasteiger partial charge in [-0.1, -0.05) is 24.9 Å². The highest BCUT2D eigenvalue weighted by Crippen LogP contribution is 2.18. The second-order valence-electron chi connectivity index (χ2n) is 7.26. The molecule has 146 valence electrons. The molecule has 0 unspecified atom stereocenters. The lowest BCUT2D eigenvalue weighted by Gasteiger charge is -2.11. The van der Waals surface area contributed by atoms with E-state index in [4.69, 9.17) is 4.52 Å². The fourth-order valence-electron chi connectivity index (χ4n) is 3.58. The Morgan fingerprint density at radius 1 is 1.33 bits per heavy atom. The molecule has 0 bridgehead atoms. The third-order valence-electron chi connectivity index (χ3n) is 5.06. The van der Waals surface area contributed by atoms with E-state index in [0.29, 0.717) is 49.1 Å². The lowest BCUT2D eigenvalue weighted by molar-refractivity contribution is -0.121. The molecule has 2 aromatic heterocycles. The van der Waals surface area contributed by atoms with Gasteiger partial charge in [0.1, 0.15) is 0 Å². The van der Waals surface area contributed by atoms with E-state index in [9.17, 15) is 9.59 Å². The summed E-state index contributed by atoms with van der Waals surface area (Å²) in [4.78, 5) is 29.0. The van der Waals surface area contributed by atoms with Crippen LogP contribution in [-0.2, 0) is 17.8 Å². The zero-order valence-electron chi connectivity index (χ0n) is 16.2. The number of nitrogens with one attached hydrogen (secondary N) is 1. The average molecular weight is 372 g/mol. The van der Waals surface area contributed by atoms with Crippen molar-refractivity contribution in [3.05, 3.63) is 34.1 Å². The largest absolute Gasteiger partial charge is 0.353 e. The van der Waals surface area contributed by atoms with E-state index in [-0.39, 0.29) is 11.5 Å². The Hall–Kier alpha value is -2.44. The molecule has 1 saturated carbocycles. The molecule has 1 N–H and O–H groups in total. The molecular weight excluding hydrogens is 344 g/mol. The highest BCUT2D eigenvalue weighted by atomic mass is 16.5. The normalized spacial score (nSPS) is 14.6. The number of carbonyl (C=O) groups excluding carboxylic acids is 1. The van der Waals surface area contributed by atoms with E-state index < -0.39 is 0 Å². The number of aromatic nitrogens is 3. The van der Waals surface area contributed by atoms with Gasteiger partial charge in [0.15, 0.2) is 0 Å². The van der Waals surface area contributed by atoms with Crippen molar-refractivity contribution in [1.82, 2.24) is 20.0 Å². The summed E-state index contributed by atoms with van der Waals surface area (Å²) in [6, 6.07) is 3.99. The smallest absolute Gasteiger partial charge is 0.261 e. The van der Waals surface area contributed by atoms with E-state index in [1.165, 1.54) is 12.8 Å². The number of hydrogen-bond donors (Lipinski definition) is 1. The van der Waals surface area contributed by atoms with E-state index in [0.717, 1.165) is 25.0 Å². The van der Waals surface area contributed by atoms with Crippen molar-refractivity contribution in [3.8, 4) is 11.4 Å². The molecule has 1 fully saturated rings. The lowest BCUT2D eigenvalue weighted by atomic mass is 10.2. The van der Waals surface area contributed by atoms with Gasteiger partial charge in [-0.15, -0.1) is 0 Å². The number of pyridine rings is 1. The number of amides is 1. The molecule has 2 heterocycles. The van der Waals surface area contributed by atoms with Gasteiger partial charge in [-0.2, -0.15) is 4.98 Å². The second-order valence-corrected chi connectivity index (χ2v) is 7.26. The fraction of sp³-hybridized carbons (Fsp3) is 0.600. The highest BCUT2D eigenvalue weighted by Gasteiger charge is 2.18. The van der Waals surface area contributed by atoms with Gasteiger partial charge in [0.05, 0.1) is 5.56 Å². The molecule has 3 rings (SSSR count). The van der Waals surface area contributed by atoms with Crippen molar-refractivity contribution in [2.24, 2.45) is 0 Å². The van der Waals surface area contributed by atoms with Crippen LogP contribution >= 0.6 is 0 Å². The Kier molecular flexibility index (Phi) is 6.42. The van der Waals surface area contributed by atoms with Gasteiger partial charge in [-0.3, -0.25) is 9.59 Å². The SMILES string of the molecule is CCCn1c(C)ccc(-c2noc(CCCC(=O)NC3CCCC3)n2)c1=O. The summed E-state index contributed by atoms with van der Waals surface area (Å²) in [5, 5.41) is 7.04. The highest BCUT2D eigenvalue weighted by molar-refractivity contribution is 5.76. The zero-order valence-corrected chi connectivity index (χ0v) is 16.2. The number of carbonyl (C=O) groups is 1.